The lowest BCUT2D eigenvalue weighted by Crippen LogP contribution is -2.14. The number of aliphatic hydroxyl groups excluding tert-OH is 1. The first-order valence-corrected chi connectivity index (χ1v) is 7.35. The van der Waals surface area contributed by atoms with Crippen molar-refractivity contribution in [3.05, 3.63) is 39.4 Å². The molecular formula is C15H18O3S. The molecule has 1 heterocycles. The highest BCUT2D eigenvalue weighted by Crippen LogP contribution is 2.29. The zero-order valence-corrected chi connectivity index (χ0v) is 12.0. The monoisotopic (exact) mass is 278 g/mol. The molecule has 0 aliphatic rings. The van der Waals surface area contributed by atoms with E-state index >= 15 is 0 Å². The van der Waals surface area contributed by atoms with E-state index in [0.717, 1.165) is 17.5 Å². The Morgan fingerprint density at radius 3 is 2.84 bits per heavy atom. The summed E-state index contributed by atoms with van der Waals surface area (Å²) < 4.78 is 6.55. The van der Waals surface area contributed by atoms with Gasteiger partial charge < -0.3 is 9.84 Å². The Morgan fingerprint density at radius 1 is 1.37 bits per heavy atom. The number of hydrogen-bond donors (Lipinski definition) is 1. The fourth-order valence-electron chi connectivity index (χ4n) is 2.02. The third-order valence-electron chi connectivity index (χ3n) is 2.85. The van der Waals surface area contributed by atoms with Crippen LogP contribution in [-0.4, -0.2) is 17.8 Å². The minimum absolute atomic E-state index is 0.0210. The molecule has 1 atom stereocenters. The van der Waals surface area contributed by atoms with Gasteiger partial charge in [-0.15, -0.1) is 11.3 Å². The van der Waals surface area contributed by atoms with E-state index in [1.54, 1.807) is 24.3 Å². The fraction of sp³-hybridized carbons (Fsp3) is 0.400. The van der Waals surface area contributed by atoms with Gasteiger partial charge in [-0.2, -0.15) is 0 Å². The van der Waals surface area contributed by atoms with E-state index < -0.39 is 6.10 Å². The van der Waals surface area contributed by atoms with Crippen LogP contribution in [0.1, 0.15) is 25.8 Å². The van der Waals surface area contributed by atoms with Crippen LogP contribution in [0.4, 0.5) is 0 Å². The lowest BCUT2D eigenvalue weighted by molar-refractivity contribution is 0.123. The number of ether oxygens (including phenoxy) is 1. The summed E-state index contributed by atoms with van der Waals surface area (Å²) in [6, 6.07) is 5.42. The van der Waals surface area contributed by atoms with Gasteiger partial charge in [0.25, 0.3) is 0 Å². The molecule has 1 aromatic carbocycles. The molecule has 0 fully saturated rings. The van der Waals surface area contributed by atoms with Crippen molar-refractivity contribution in [2.45, 2.75) is 32.8 Å². The summed E-state index contributed by atoms with van der Waals surface area (Å²) in [6.45, 7) is 3.98. The maximum atomic E-state index is 12.1. The Hall–Kier alpha value is -1.39. The summed E-state index contributed by atoms with van der Waals surface area (Å²) >= 11 is 1.56. The number of fused-ring (bicyclic) bond motifs is 1. The zero-order chi connectivity index (χ0) is 13.8. The first-order chi connectivity index (χ1) is 9.13. The smallest absolute Gasteiger partial charge is 0.191 e. The first kappa shape index (κ1) is 14.0. The Labute approximate surface area is 116 Å². The number of hydrogen-bond acceptors (Lipinski definition) is 4. The average molecular weight is 278 g/mol. The highest BCUT2D eigenvalue weighted by molar-refractivity contribution is 7.16. The van der Waals surface area contributed by atoms with Crippen LogP contribution in [0.5, 0.6) is 5.75 Å². The van der Waals surface area contributed by atoms with Gasteiger partial charge in [-0.05, 0) is 36.4 Å². The average Bonchev–Trinajstić information content (AvgIpc) is 2.38. The molecule has 1 N–H and O–H groups in total. The van der Waals surface area contributed by atoms with Crippen LogP contribution in [-0.2, 0) is 6.42 Å². The lowest BCUT2D eigenvalue weighted by Gasteiger charge is -2.12. The van der Waals surface area contributed by atoms with Gasteiger partial charge in [-0.3, -0.25) is 4.79 Å². The molecule has 0 bridgehead atoms. The Balaban J connectivity index is 2.54. The van der Waals surface area contributed by atoms with Crippen LogP contribution in [0.15, 0.2) is 28.4 Å². The number of aryl methyl sites for hydroxylation is 1. The third-order valence-corrected chi connectivity index (χ3v) is 3.83. The van der Waals surface area contributed by atoms with Crippen molar-refractivity contribution in [3.8, 4) is 5.75 Å². The molecule has 0 radical (unpaired) electrons. The van der Waals surface area contributed by atoms with E-state index in [9.17, 15) is 9.90 Å². The molecular weight excluding hydrogens is 260 g/mol. The van der Waals surface area contributed by atoms with E-state index in [1.165, 1.54) is 5.56 Å². The van der Waals surface area contributed by atoms with Crippen molar-refractivity contribution in [3.63, 3.8) is 0 Å². The van der Waals surface area contributed by atoms with Crippen LogP contribution in [0.3, 0.4) is 0 Å². The molecule has 19 heavy (non-hydrogen) atoms. The quantitative estimate of drug-likeness (QED) is 0.914. The molecule has 4 heteroatoms. The molecule has 2 aromatic rings. The minimum Gasteiger partial charge on any atom is -0.490 e. The fourth-order valence-corrected chi connectivity index (χ4v) is 2.99. The molecule has 3 nitrogen and oxygen atoms in total. The van der Waals surface area contributed by atoms with Crippen LogP contribution in [0.2, 0.25) is 0 Å². The Morgan fingerprint density at radius 2 is 2.16 bits per heavy atom. The van der Waals surface area contributed by atoms with Gasteiger partial charge >= 0.3 is 0 Å². The molecule has 0 saturated carbocycles. The summed E-state index contributed by atoms with van der Waals surface area (Å²) in [6.07, 6.45) is 1.44. The van der Waals surface area contributed by atoms with Gasteiger partial charge in [0.15, 0.2) is 5.43 Å². The predicted octanol–water partition coefficient (Wildman–Crippen LogP) is 2.97. The second-order valence-corrected chi connectivity index (χ2v) is 5.54. The molecule has 1 aromatic heterocycles. The normalized spacial score (nSPS) is 12.6. The molecule has 0 saturated heterocycles. The summed E-state index contributed by atoms with van der Waals surface area (Å²) in [5, 5.41) is 11.8. The van der Waals surface area contributed by atoms with Crippen LogP contribution >= 0.6 is 11.3 Å². The van der Waals surface area contributed by atoms with Crippen molar-refractivity contribution in [1.29, 1.82) is 0 Å². The van der Waals surface area contributed by atoms with E-state index in [0.29, 0.717) is 11.1 Å². The molecule has 102 valence electrons. The molecule has 0 aliphatic carbocycles. The van der Waals surface area contributed by atoms with Crippen LogP contribution < -0.4 is 10.2 Å². The second kappa shape index (κ2) is 6.17. The van der Waals surface area contributed by atoms with Crippen LogP contribution in [0, 0.1) is 0 Å². The largest absolute Gasteiger partial charge is 0.490 e. The second-order valence-electron chi connectivity index (χ2n) is 4.62. The highest BCUT2D eigenvalue weighted by atomic mass is 32.1. The van der Waals surface area contributed by atoms with E-state index in [1.807, 2.05) is 17.5 Å². The summed E-state index contributed by atoms with van der Waals surface area (Å²) in [5.74, 6) is 0.567. The Kier molecular flexibility index (Phi) is 4.56. The molecule has 2 rings (SSSR count). The van der Waals surface area contributed by atoms with Gasteiger partial charge in [-0.1, -0.05) is 19.4 Å². The zero-order valence-electron chi connectivity index (χ0n) is 11.2. The molecule has 0 spiro atoms. The first-order valence-electron chi connectivity index (χ1n) is 6.47. The number of aliphatic hydroxyl groups is 1. The van der Waals surface area contributed by atoms with Crippen LogP contribution in [0.25, 0.3) is 10.1 Å². The van der Waals surface area contributed by atoms with Gasteiger partial charge in [0.2, 0.25) is 0 Å². The topological polar surface area (TPSA) is 46.5 Å². The van der Waals surface area contributed by atoms with Gasteiger partial charge in [0.1, 0.15) is 12.4 Å². The molecule has 1 unspecified atom stereocenters. The van der Waals surface area contributed by atoms with Crippen molar-refractivity contribution < 1.29 is 9.84 Å². The predicted molar refractivity (Wildman–Crippen MR) is 79.3 cm³/mol. The van der Waals surface area contributed by atoms with E-state index in [4.69, 9.17) is 4.74 Å². The highest BCUT2D eigenvalue weighted by Gasteiger charge is 2.11. The standard InChI is InChI=1S/C15H18O3S/c1-3-4-11-5-6-13(18-9-10(2)16)14-12(17)7-8-19-15(11)14/h5-8,10,16H,3-4,9H2,1-2H3. The molecule has 0 amide bonds. The molecule has 0 aliphatic heterocycles. The Bertz CT molecular complexity index is 616. The third kappa shape index (κ3) is 3.14. The maximum absolute atomic E-state index is 12.1. The minimum atomic E-state index is -0.548. The van der Waals surface area contributed by atoms with E-state index in [-0.39, 0.29) is 12.0 Å². The van der Waals surface area contributed by atoms with Crippen molar-refractivity contribution >= 4 is 21.4 Å². The summed E-state index contributed by atoms with van der Waals surface area (Å²) in [5.41, 5.74) is 1.16. The van der Waals surface area contributed by atoms with Gasteiger partial charge in [0, 0.05) is 4.70 Å². The van der Waals surface area contributed by atoms with Crippen molar-refractivity contribution in [2.24, 2.45) is 0 Å². The summed E-state index contributed by atoms with van der Waals surface area (Å²) in [4.78, 5) is 12.1. The van der Waals surface area contributed by atoms with Crippen molar-refractivity contribution in [2.75, 3.05) is 6.61 Å². The van der Waals surface area contributed by atoms with E-state index in [2.05, 4.69) is 6.92 Å². The van der Waals surface area contributed by atoms with Gasteiger partial charge in [-0.25, -0.2) is 0 Å². The maximum Gasteiger partial charge on any atom is 0.191 e. The lowest BCUT2D eigenvalue weighted by atomic mass is 10.1. The number of benzene rings is 1. The number of rotatable bonds is 5. The van der Waals surface area contributed by atoms with Gasteiger partial charge in [0.05, 0.1) is 11.5 Å². The SMILES string of the molecule is CCCc1ccc(OCC(C)O)c2c(=O)ccsc12. The summed E-state index contributed by atoms with van der Waals surface area (Å²) in [7, 11) is 0. The van der Waals surface area contributed by atoms with Crippen molar-refractivity contribution in [1.82, 2.24) is 0 Å².